The SMILES string of the molecule is CC(N)C1CCCN(C(=O)C2CCCN(C(=O)c3ccc(F)cc3)C2)C1.Cl. The van der Waals surface area contributed by atoms with Crippen molar-refractivity contribution in [3.63, 3.8) is 0 Å². The van der Waals surface area contributed by atoms with Crippen molar-refractivity contribution >= 4 is 24.2 Å². The van der Waals surface area contributed by atoms with Crippen LogP contribution in [0.3, 0.4) is 0 Å². The summed E-state index contributed by atoms with van der Waals surface area (Å²) >= 11 is 0. The van der Waals surface area contributed by atoms with E-state index in [0.29, 0.717) is 24.6 Å². The maximum atomic E-state index is 13.1. The van der Waals surface area contributed by atoms with Gasteiger partial charge in [-0.15, -0.1) is 12.4 Å². The lowest BCUT2D eigenvalue weighted by molar-refractivity contribution is -0.138. The van der Waals surface area contributed by atoms with Gasteiger partial charge in [-0.25, -0.2) is 4.39 Å². The zero-order valence-electron chi connectivity index (χ0n) is 15.8. The number of hydrogen-bond acceptors (Lipinski definition) is 3. The molecule has 2 amide bonds. The minimum absolute atomic E-state index is 0. The van der Waals surface area contributed by atoms with Crippen LogP contribution in [-0.4, -0.2) is 53.8 Å². The number of halogens is 2. The highest BCUT2D eigenvalue weighted by Crippen LogP contribution is 2.25. The van der Waals surface area contributed by atoms with Crippen molar-refractivity contribution in [3.8, 4) is 0 Å². The average molecular weight is 398 g/mol. The topological polar surface area (TPSA) is 66.6 Å². The number of amides is 2. The summed E-state index contributed by atoms with van der Waals surface area (Å²) in [5.74, 6) is -0.142. The van der Waals surface area contributed by atoms with Crippen LogP contribution >= 0.6 is 12.4 Å². The van der Waals surface area contributed by atoms with Crippen LogP contribution in [0.25, 0.3) is 0 Å². The minimum Gasteiger partial charge on any atom is -0.342 e. The van der Waals surface area contributed by atoms with Crippen LogP contribution in [0.15, 0.2) is 24.3 Å². The maximum absolute atomic E-state index is 13.1. The summed E-state index contributed by atoms with van der Waals surface area (Å²) in [5, 5.41) is 0. The lowest BCUT2D eigenvalue weighted by atomic mass is 9.90. The zero-order chi connectivity index (χ0) is 18.7. The number of nitrogens with two attached hydrogens (primary N) is 1. The van der Waals surface area contributed by atoms with E-state index in [0.717, 1.165) is 38.8 Å². The Balaban J connectivity index is 0.00000261. The molecule has 0 spiro atoms. The molecule has 0 aromatic heterocycles. The minimum atomic E-state index is -0.359. The van der Waals surface area contributed by atoms with Gasteiger partial charge in [0.05, 0.1) is 5.92 Å². The molecule has 0 aliphatic carbocycles. The molecule has 1 aromatic carbocycles. The van der Waals surface area contributed by atoms with Gasteiger partial charge in [-0.3, -0.25) is 9.59 Å². The number of rotatable bonds is 3. The Bertz CT molecular complexity index is 653. The highest BCUT2D eigenvalue weighted by atomic mass is 35.5. The van der Waals surface area contributed by atoms with Gasteiger partial charge in [-0.1, -0.05) is 0 Å². The van der Waals surface area contributed by atoms with Gasteiger partial charge in [0, 0.05) is 37.8 Å². The fourth-order valence-electron chi connectivity index (χ4n) is 4.04. The normalized spacial score (nSPS) is 24.1. The van der Waals surface area contributed by atoms with E-state index in [2.05, 4.69) is 0 Å². The Labute approximate surface area is 166 Å². The van der Waals surface area contributed by atoms with Crippen LogP contribution < -0.4 is 5.73 Å². The highest BCUT2D eigenvalue weighted by Gasteiger charge is 2.34. The summed E-state index contributed by atoms with van der Waals surface area (Å²) in [4.78, 5) is 29.3. The Morgan fingerprint density at radius 3 is 2.37 bits per heavy atom. The number of likely N-dealkylation sites (tertiary alicyclic amines) is 2. The fourth-order valence-corrected chi connectivity index (χ4v) is 4.04. The second-order valence-electron chi connectivity index (χ2n) is 7.64. The number of benzene rings is 1. The van der Waals surface area contributed by atoms with Crippen molar-refractivity contribution in [2.45, 2.75) is 38.6 Å². The monoisotopic (exact) mass is 397 g/mol. The van der Waals surface area contributed by atoms with Crippen LogP contribution in [0, 0.1) is 17.7 Å². The molecule has 2 fully saturated rings. The van der Waals surface area contributed by atoms with Gasteiger partial charge in [-0.2, -0.15) is 0 Å². The summed E-state index contributed by atoms with van der Waals surface area (Å²) in [6.07, 6.45) is 3.68. The van der Waals surface area contributed by atoms with E-state index in [1.807, 2.05) is 11.8 Å². The van der Waals surface area contributed by atoms with E-state index in [1.165, 1.54) is 24.3 Å². The Kier molecular flexibility index (Phi) is 7.62. The van der Waals surface area contributed by atoms with Gasteiger partial charge in [-0.05, 0) is 62.8 Å². The van der Waals surface area contributed by atoms with Gasteiger partial charge >= 0.3 is 0 Å². The number of nitrogens with zero attached hydrogens (tertiary/aromatic N) is 2. The van der Waals surface area contributed by atoms with Crippen molar-refractivity contribution < 1.29 is 14.0 Å². The first kappa shape index (κ1) is 21.6. The molecular weight excluding hydrogens is 369 g/mol. The van der Waals surface area contributed by atoms with E-state index in [-0.39, 0.29) is 42.0 Å². The van der Waals surface area contributed by atoms with Crippen molar-refractivity contribution in [1.82, 2.24) is 9.80 Å². The highest BCUT2D eigenvalue weighted by molar-refractivity contribution is 5.94. The predicted octanol–water partition coefficient (Wildman–Crippen LogP) is 2.69. The van der Waals surface area contributed by atoms with E-state index < -0.39 is 0 Å². The summed E-state index contributed by atoms with van der Waals surface area (Å²) in [6, 6.07) is 5.68. The predicted molar refractivity (Wildman–Crippen MR) is 105 cm³/mol. The zero-order valence-corrected chi connectivity index (χ0v) is 16.6. The largest absolute Gasteiger partial charge is 0.342 e. The molecular formula is C20H29ClFN3O2. The lowest BCUT2D eigenvalue weighted by Crippen LogP contribution is -2.50. The average Bonchev–Trinajstić information content (AvgIpc) is 2.67. The first-order chi connectivity index (χ1) is 12.5. The second-order valence-corrected chi connectivity index (χ2v) is 7.64. The molecule has 2 saturated heterocycles. The molecule has 3 unspecified atom stereocenters. The molecule has 2 aliphatic rings. The molecule has 7 heteroatoms. The molecule has 3 atom stereocenters. The molecule has 2 aliphatic heterocycles. The molecule has 0 saturated carbocycles. The molecule has 0 bridgehead atoms. The van der Waals surface area contributed by atoms with Crippen molar-refractivity contribution in [3.05, 3.63) is 35.6 Å². The molecule has 2 heterocycles. The number of carbonyl (C=O) groups is 2. The smallest absolute Gasteiger partial charge is 0.253 e. The molecule has 0 radical (unpaired) electrons. The van der Waals surface area contributed by atoms with E-state index in [9.17, 15) is 14.0 Å². The number of hydrogen-bond donors (Lipinski definition) is 1. The van der Waals surface area contributed by atoms with Gasteiger partial charge < -0.3 is 15.5 Å². The Hall–Kier alpha value is -1.66. The van der Waals surface area contributed by atoms with Gasteiger partial charge in [0.1, 0.15) is 5.82 Å². The third-order valence-corrected chi connectivity index (χ3v) is 5.66. The molecule has 27 heavy (non-hydrogen) atoms. The lowest BCUT2D eigenvalue weighted by Gasteiger charge is -2.39. The van der Waals surface area contributed by atoms with Crippen LogP contribution in [-0.2, 0) is 4.79 Å². The van der Waals surface area contributed by atoms with E-state index >= 15 is 0 Å². The second kappa shape index (κ2) is 9.51. The van der Waals surface area contributed by atoms with Crippen molar-refractivity contribution in [2.24, 2.45) is 17.6 Å². The third-order valence-electron chi connectivity index (χ3n) is 5.66. The molecule has 150 valence electrons. The van der Waals surface area contributed by atoms with Gasteiger partial charge in [0.2, 0.25) is 5.91 Å². The summed E-state index contributed by atoms with van der Waals surface area (Å²) < 4.78 is 13.1. The van der Waals surface area contributed by atoms with Crippen LogP contribution in [0.4, 0.5) is 4.39 Å². The summed E-state index contributed by atoms with van der Waals surface area (Å²) in [6.45, 7) is 4.59. The maximum Gasteiger partial charge on any atom is 0.253 e. The summed E-state index contributed by atoms with van der Waals surface area (Å²) in [7, 11) is 0. The fraction of sp³-hybridized carbons (Fsp3) is 0.600. The third kappa shape index (κ3) is 5.20. The first-order valence-corrected chi connectivity index (χ1v) is 9.55. The van der Waals surface area contributed by atoms with Crippen LogP contribution in [0.5, 0.6) is 0 Å². The van der Waals surface area contributed by atoms with Gasteiger partial charge in [0.25, 0.3) is 5.91 Å². The van der Waals surface area contributed by atoms with E-state index in [1.54, 1.807) is 4.90 Å². The van der Waals surface area contributed by atoms with Crippen molar-refractivity contribution in [1.29, 1.82) is 0 Å². The van der Waals surface area contributed by atoms with Crippen LogP contribution in [0.1, 0.15) is 43.0 Å². The number of carbonyl (C=O) groups excluding carboxylic acids is 2. The number of piperidine rings is 2. The molecule has 3 rings (SSSR count). The molecule has 1 aromatic rings. The van der Waals surface area contributed by atoms with E-state index in [4.69, 9.17) is 5.73 Å². The van der Waals surface area contributed by atoms with Crippen molar-refractivity contribution in [2.75, 3.05) is 26.2 Å². The molecule has 2 N–H and O–H groups in total. The van der Waals surface area contributed by atoms with Crippen LogP contribution in [0.2, 0.25) is 0 Å². The quantitative estimate of drug-likeness (QED) is 0.852. The first-order valence-electron chi connectivity index (χ1n) is 9.55. The Morgan fingerprint density at radius 2 is 1.70 bits per heavy atom. The van der Waals surface area contributed by atoms with Gasteiger partial charge in [0.15, 0.2) is 0 Å². The molecule has 5 nitrogen and oxygen atoms in total. The standard InChI is InChI=1S/C20H28FN3O2.ClH/c1-14(22)16-4-2-10-23(12-16)20(26)17-5-3-11-24(13-17)19(25)15-6-8-18(21)9-7-15;/h6-9,14,16-17H,2-5,10-13,22H2,1H3;1H. The summed E-state index contributed by atoms with van der Waals surface area (Å²) in [5.41, 5.74) is 6.49. The Morgan fingerprint density at radius 1 is 1.07 bits per heavy atom.